The minimum absolute atomic E-state index is 0.249. The summed E-state index contributed by atoms with van der Waals surface area (Å²) in [4.78, 5) is 20.4. The average Bonchev–Trinajstić information content (AvgIpc) is 2.80. The maximum atomic E-state index is 11.6. The Hall–Kier alpha value is -1.95. The van der Waals surface area contributed by atoms with Crippen LogP contribution in [0.1, 0.15) is 15.4 Å². The molecule has 2 aromatic rings. The smallest absolute Gasteiger partial charge is 0.271 e. The van der Waals surface area contributed by atoms with E-state index in [2.05, 4.69) is 15.3 Å². The first kappa shape index (κ1) is 10.6. The molecule has 0 aromatic carbocycles. The van der Waals surface area contributed by atoms with Crippen LogP contribution < -0.4 is 11.1 Å². The number of nitrogens with zero attached hydrogens (tertiary/aromatic N) is 2. The highest BCUT2D eigenvalue weighted by molar-refractivity contribution is 7.09. The van der Waals surface area contributed by atoms with Gasteiger partial charge in [-0.15, -0.1) is 11.3 Å². The van der Waals surface area contributed by atoms with Crippen molar-refractivity contribution in [2.24, 2.45) is 0 Å². The summed E-state index contributed by atoms with van der Waals surface area (Å²) < 4.78 is 0. The quantitative estimate of drug-likeness (QED) is 0.831. The van der Waals surface area contributed by atoms with Crippen LogP contribution in [-0.4, -0.2) is 15.9 Å². The van der Waals surface area contributed by atoms with Crippen LogP contribution in [-0.2, 0) is 6.54 Å². The van der Waals surface area contributed by atoms with Gasteiger partial charge in [0.25, 0.3) is 5.91 Å². The zero-order chi connectivity index (χ0) is 11.4. The average molecular weight is 234 g/mol. The lowest BCUT2D eigenvalue weighted by Crippen LogP contribution is -2.23. The van der Waals surface area contributed by atoms with Crippen molar-refractivity contribution in [3.05, 3.63) is 40.5 Å². The predicted molar refractivity (Wildman–Crippen MR) is 61.9 cm³/mol. The minimum atomic E-state index is -0.249. The number of carbonyl (C=O) groups excluding carboxylic acids is 1. The molecular formula is C10H10N4OS. The number of hydrogen-bond donors (Lipinski definition) is 2. The van der Waals surface area contributed by atoms with Gasteiger partial charge in [-0.3, -0.25) is 4.79 Å². The molecule has 0 radical (unpaired) electrons. The Balaban J connectivity index is 1.95. The van der Waals surface area contributed by atoms with Crippen LogP contribution in [0.5, 0.6) is 0 Å². The van der Waals surface area contributed by atoms with E-state index in [0.717, 1.165) is 4.88 Å². The zero-order valence-electron chi connectivity index (χ0n) is 8.38. The molecule has 0 spiro atoms. The van der Waals surface area contributed by atoms with Gasteiger partial charge in [-0.05, 0) is 11.4 Å². The summed E-state index contributed by atoms with van der Waals surface area (Å²) in [6.07, 6.45) is 2.72. The molecule has 3 N–H and O–H groups in total. The van der Waals surface area contributed by atoms with E-state index in [1.165, 1.54) is 12.4 Å². The molecule has 5 nitrogen and oxygen atoms in total. The fraction of sp³-hybridized carbons (Fsp3) is 0.100. The second-order valence-electron chi connectivity index (χ2n) is 3.09. The third-order valence-corrected chi connectivity index (χ3v) is 2.78. The van der Waals surface area contributed by atoms with Crippen LogP contribution >= 0.6 is 11.3 Å². The van der Waals surface area contributed by atoms with Gasteiger partial charge in [-0.25, -0.2) is 9.97 Å². The van der Waals surface area contributed by atoms with Gasteiger partial charge in [0.15, 0.2) is 0 Å². The highest BCUT2D eigenvalue weighted by atomic mass is 32.1. The number of nitrogens with one attached hydrogen (secondary N) is 1. The molecule has 2 rings (SSSR count). The second kappa shape index (κ2) is 4.71. The van der Waals surface area contributed by atoms with Gasteiger partial charge in [-0.2, -0.15) is 0 Å². The normalized spacial score (nSPS) is 10.0. The number of thiophene rings is 1. The predicted octanol–water partition coefficient (Wildman–Crippen LogP) is 1.05. The highest BCUT2D eigenvalue weighted by Gasteiger charge is 2.06. The Morgan fingerprint density at radius 3 is 2.94 bits per heavy atom. The number of rotatable bonds is 3. The molecule has 82 valence electrons. The number of carbonyl (C=O) groups is 1. The number of anilines is 1. The van der Waals surface area contributed by atoms with E-state index in [4.69, 9.17) is 5.73 Å². The molecule has 0 bridgehead atoms. The van der Waals surface area contributed by atoms with Crippen LogP contribution in [0.4, 0.5) is 5.82 Å². The van der Waals surface area contributed by atoms with Gasteiger partial charge in [0.1, 0.15) is 11.5 Å². The van der Waals surface area contributed by atoms with E-state index >= 15 is 0 Å². The summed E-state index contributed by atoms with van der Waals surface area (Å²) in [6, 6.07) is 3.90. The first-order chi connectivity index (χ1) is 7.75. The zero-order valence-corrected chi connectivity index (χ0v) is 9.20. The van der Waals surface area contributed by atoms with Gasteiger partial charge in [-0.1, -0.05) is 6.07 Å². The maximum absolute atomic E-state index is 11.6. The first-order valence-electron chi connectivity index (χ1n) is 4.64. The molecule has 0 aliphatic heterocycles. The van der Waals surface area contributed by atoms with E-state index in [9.17, 15) is 4.79 Å². The van der Waals surface area contributed by atoms with E-state index in [-0.39, 0.29) is 11.6 Å². The lowest BCUT2D eigenvalue weighted by molar-refractivity contribution is 0.0946. The van der Waals surface area contributed by atoms with Crippen molar-refractivity contribution in [1.82, 2.24) is 15.3 Å². The molecule has 2 heterocycles. The van der Waals surface area contributed by atoms with Crippen molar-refractivity contribution >= 4 is 23.1 Å². The van der Waals surface area contributed by atoms with Gasteiger partial charge in [0.05, 0.1) is 18.9 Å². The van der Waals surface area contributed by atoms with Crippen LogP contribution in [0.15, 0.2) is 29.9 Å². The summed E-state index contributed by atoms with van der Waals surface area (Å²) in [6.45, 7) is 0.503. The van der Waals surface area contributed by atoms with Crippen molar-refractivity contribution in [2.75, 3.05) is 5.73 Å². The number of nitrogens with two attached hydrogens (primary N) is 1. The van der Waals surface area contributed by atoms with Crippen molar-refractivity contribution in [2.45, 2.75) is 6.54 Å². The standard InChI is InChI=1S/C10H10N4OS/c11-9-6-12-8(5-13-9)10(15)14-4-7-2-1-3-16-7/h1-3,5-6H,4H2,(H2,11,13)(H,14,15). The lowest BCUT2D eigenvalue weighted by Gasteiger charge is -2.02. The van der Waals surface area contributed by atoms with Crippen molar-refractivity contribution in [3.8, 4) is 0 Å². The Morgan fingerprint density at radius 2 is 2.31 bits per heavy atom. The monoisotopic (exact) mass is 234 g/mol. The first-order valence-corrected chi connectivity index (χ1v) is 5.52. The Bertz CT molecular complexity index is 466. The Morgan fingerprint density at radius 1 is 1.44 bits per heavy atom. The van der Waals surface area contributed by atoms with E-state index in [0.29, 0.717) is 12.4 Å². The van der Waals surface area contributed by atoms with Crippen LogP contribution in [0.2, 0.25) is 0 Å². The molecule has 2 aromatic heterocycles. The summed E-state index contributed by atoms with van der Waals surface area (Å²) in [5.41, 5.74) is 5.64. The molecule has 0 atom stereocenters. The topological polar surface area (TPSA) is 80.9 Å². The van der Waals surface area contributed by atoms with Crippen LogP contribution in [0.3, 0.4) is 0 Å². The van der Waals surface area contributed by atoms with Crippen molar-refractivity contribution in [3.63, 3.8) is 0 Å². The largest absolute Gasteiger partial charge is 0.382 e. The fourth-order valence-corrected chi connectivity index (χ4v) is 1.77. The molecular weight excluding hydrogens is 224 g/mol. The Labute approximate surface area is 96.3 Å². The SMILES string of the molecule is Nc1cnc(C(=O)NCc2cccs2)cn1. The number of nitrogen functional groups attached to an aromatic ring is 1. The van der Waals surface area contributed by atoms with Gasteiger partial charge >= 0.3 is 0 Å². The second-order valence-corrected chi connectivity index (χ2v) is 4.12. The van der Waals surface area contributed by atoms with Crippen molar-refractivity contribution < 1.29 is 4.79 Å². The minimum Gasteiger partial charge on any atom is -0.382 e. The molecule has 0 saturated carbocycles. The van der Waals surface area contributed by atoms with Gasteiger partial charge < -0.3 is 11.1 Å². The van der Waals surface area contributed by atoms with Crippen molar-refractivity contribution in [1.29, 1.82) is 0 Å². The third-order valence-electron chi connectivity index (χ3n) is 1.91. The molecule has 0 aliphatic carbocycles. The third kappa shape index (κ3) is 2.54. The number of amides is 1. The molecule has 0 aliphatic rings. The molecule has 0 unspecified atom stereocenters. The molecule has 16 heavy (non-hydrogen) atoms. The fourth-order valence-electron chi connectivity index (χ4n) is 1.13. The van der Waals surface area contributed by atoms with Gasteiger partial charge in [0, 0.05) is 4.88 Å². The summed E-state index contributed by atoms with van der Waals surface area (Å²) in [7, 11) is 0. The van der Waals surface area contributed by atoms with E-state index in [1.807, 2.05) is 17.5 Å². The van der Waals surface area contributed by atoms with Gasteiger partial charge in [0.2, 0.25) is 0 Å². The maximum Gasteiger partial charge on any atom is 0.271 e. The lowest BCUT2D eigenvalue weighted by atomic mass is 10.4. The number of aromatic nitrogens is 2. The summed E-state index contributed by atoms with van der Waals surface area (Å²) in [5, 5.41) is 4.71. The summed E-state index contributed by atoms with van der Waals surface area (Å²) >= 11 is 1.59. The summed E-state index contributed by atoms with van der Waals surface area (Å²) in [5.74, 6) is 0.0516. The Kier molecular flexibility index (Phi) is 3.11. The number of hydrogen-bond acceptors (Lipinski definition) is 5. The van der Waals surface area contributed by atoms with E-state index < -0.39 is 0 Å². The molecule has 1 amide bonds. The highest BCUT2D eigenvalue weighted by Crippen LogP contribution is 2.07. The van der Waals surface area contributed by atoms with E-state index in [1.54, 1.807) is 11.3 Å². The van der Waals surface area contributed by atoms with Crippen LogP contribution in [0.25, 0.3) is 0 Å². The van der Waals surface area contributed by atoms with Crippen LogP contribution in [0, 0.1) is 0 Å². The molecule has 6 heteroatoms. The molecule has 0 saturated heterocycles. The molecule has 0 fully saturated rings.